The van der Waals surface area contributed by atoms with Gasteiger partial charge in [0.25, 0.3) is 0 Å². The minimum Gasteiger partial charge on any atom is -0.478 e. The van der Waals surface area contributed by atoms with Gasteiger partial charge in [0.1, 0.15) is 0 Å². The van der Waals surface area contributed by atoms with Gasteiger partial charge in [0.2, 0.25) is 0 Å². The maximum atomic E-state index is 12.3. The molecule has 36 heavy (non-hydrogen) atoms. The summed E-state index contributed by atoms with van der Waals surface area (Å²) in [5.41, 5.74) is 5.29. The number of carboxylic acid groups (broad SMARTS) is 1. The van der Waals surface area contributed by atoms with Crippen molar-refractivity contribution in [1.29, 1.82) is 0 Å². The summed E-state index contributed by atoms with van der Waals surface area (Å²) in [6, 6.07) is 35.2. The van der Waals surface area contributed by atoms with Gasteiger partial charge in [-0.25, -0.2) is 4.79 Å². The first-order valence-corrected chi connectivity index (χ1v) is 11.8. The molecule has 1 N–H and O–H groups in total. The van der Waals surface area contributed by atoms with Crippen LogP contribution in [0.3, 0.4) is 0 Å². The Balaban J connectivity index is 0.000000152. The summed E-state index contributed by atoms with van der Waals surface area (Å²) in [7, 11) is 0. The van der Waals surface area contributed by atoms with Crippen molar-refractivity contribution in [2.24, 2.45) is 0 Å². The van der Waals surface area contributed by atoms with E-state index in [-0.39, 0.29) is 5.43 Å². The van der Waals surface area contributed by atoms with Crippen LogP contribution in [0.2, 0.25) is 0 Å². The molecular formula is C33H24O3. The lowest BCUT2D eigenvalue weighted by molar-refractivity contribution is -0.132. The molecule has 0 saturated carbocycles. The summed E-state index contributed by atoms with van der Waals surface area (Å²) in [5.74, 6) is -0.883. The lowest BCUT2D eigenvalue weighted by atomic mass is 9.90. The van der Waals surface area contributed by atoms with Crippen LogP contribution >= 0.6 is 0 Å². The fourth-order valence-corrected chi connectivity index (χ4v) is 4.60. The first-order valence-electron chi connectivity index (χ1n) is 11.8. The minimum atomic E-state index is -0.883. The average molecular weight is 469 g/mol. The highest BCUT2D eigenvalue weighted by molar-refractivity contribution is 6.04. The third kappa shape index (κ3) is 4.35. The van der Waals surface area contributed by atoms with Gasteiger partial charge in [-0.05, 0) is 39.9 Å². The molecule has 0 radical (unpaired) electrons. The van der Waals surface area contributed by atoms with Crippen molar-refractivity contribution in [3.8, 4) is 0 Å². The van der Waals surface area contributed by atoms with E-state index in [1.807, 2.05) is 121 Å². The lowest BCUT2D eigenvalue weighted by Gasteiger charge is -2.13. The number of carboxylic acids is 1. The van der Waals surface area contributed by atoms with Crippen LogP contribution in [-0.2, 0) is 4.79 Å². The van der Waals surface area contributed by atoms with E-state index in [0.29, 0.717) is 5.57 Å². The van der Waals surface area contributed by atoms with Gasteiger partial charge < -0.3 is 5.11 Å². The van der Waals surface area contributed by atoms with Crippen molar-refractivity contribution in [1.82, 2.24) is 0 Å². The molecule has 0 atom stereocenters. The maximum absolute atomic E-state index is 12.3. The van der Waals surface area contributed by atoms with Crippen molar-refractivity contribution >= 4 is 45.2 Å². The molecule has 0 bridgehead atoms. The lowest BCUT2D eigenvalue weighted by Crippen LogP contribution is -2.03. The van der Waals surface area contributed by atoms with E-state index in [0.717, 1.165) is 49.4 Å². The fraction of sp³-hybridized carbons (Fsp3) is 0.0303. The van der Waals surface area contributed by atoms with Crippen LogP contribution in [0.1, 0.15) is 29.2 Å². The van der Waals surface area contributed by atoms with E-state index >= 15 is 0 Å². The second kappa shape index (κ2) is 9.85. The predicted octanol–water partition coefficient (Wildman–Crippen LogP) is 7.43. The number of benzene rings is 4. The minimum absolute atomic E-state index is 0.108. The Hall–Kier alpha value is -4.76. The number of carbonyl (C=O) groups is 1. The Morgan fingerprint density at radius 2 is 1.00 bits per heavy atom. The Labute approximate surface area is 209 Å². The molecule has 0 saturated heterocycles. The number of rotatable bonds is 1. The van der Waals surface area contributed by atoms with E-state index in [4.69, 9.17) is 0 Å². The number of hydrogen-bond acceptors (Lipinski definition) is 2. The Bertz CT molecular complexity index is 1630. The molecule has 0 heterocycles. The molecule has 0 unspecified atom stereocenters. The largest absolute Gasteiger partial charge is 0.478 e. The molecule has 5 aromatic rings. The fourth-order valence-electron chi connectivity index (χ4n) is 4.60. The molecular weight excluding hydrogens is 444 g/mol. The molecule has 3 nitrogen and oxygen atoms in total. The van der Waals surface area contributed by atoms with Crippen molar-refractivity contribution in [2.75, 3.05) is 0 Å². The summed E-state index contributed by atoms with van der Waals surface area (Å²) in [6.45, 7) is 1.66. The molecule has 0 spiro atoms. The Morgan fingerprint density at radius 3 is 1.47 bits per heavy atom. The van der Waals surface area contributed by atoms with Crippen molar-refractivity contribution in [3.05, 3.63) is 147 Å². The number of aliphatic carboxylic acids is 1. The zero-order valence-electron chi connectivity index (χ0n) is 19.8. The van der Waals surface area contributed by atoms with Crippen molar-refractivity contribution in [2.45, 2.75) is 6.92 Å². The van der Waals surface area contributed by atoms with E-state index < -0.39 is 5.97 Å². The Morgan fingerprint density at radius 1 is 0.583 bits per heavy atom. The van der Waals surface area contributed by atoms with E-state index in [9.17, 15) is 14.7 Å². The van der Waals surface area contributed by atoms with Gasteiger partial charge in [0.05, 0.1) is 0 Å². The molecule has 174 valence electrons. The van der Waals surface area contributed by atoms with Gasteiger partial charge in [-0.2, -0.15) is 0 Å². The molecule has 0 fully saturated rings. The highest BCUT2D eigenvalue weighted by Gasteiger charge is 2.19. The van der Waals surface area contributed by atoms with Crippen LogP contribution in [0.5, 0.6) is 0 Å². The highest BCUT2D eigenvalue weighted by Crippen LogP contribution is 2.35. The molecule has 1 aliphatic rings. The SMILES string of the molecule is CC(C(=O)O)=C1c2ccccc2C=Cc2ccccc21.O=c1c2ccccc2ccc2ccccc12. The van der Waals surface area contributed by atoms with Crippen LogP contribution in [-0.4, -0.2) is 11.1 Å². The van der Waals surface area contributed by atoms with Gasteiger partial charge in [-0.1, -0.05) is 121 Å². The first-order chi connectivity index (χ1) is 17.5. The molecule has 5 aromatic carbocycles. The van der Waals surface area contributed by atoms with Crippen LogP contribution in [0, 0.1) is 0 Å². The van der Waals surface area contributed by atoms with Crippen LogP contribution in [0.15, 0.2) is 120 Å². The third-order valence-corrected chi connectivity index (χ3v) is 6.45. The van der Waals surface area contributed by atoms with Gasteiger partial charge in [0, 0.05) is 21.9 Å². The van der Waals surface area contributed by atoms with Crippen molar-refractivity contribution in [3.63, 3.8) is 0 Å². The normalized spacial score (nSPS) is 11.6. The van der Waals surface area contributed by atoms with Crippen molar-refractivity contribution < 1.29 is 9.90 Å². The average Bonchev–Trinajstić information content (AvgIpc) is 3.17. The zero-order valence-corrected chi connectivity index (χ0v) is 19.8. The number of fused-ring (bicyclic) bond motifs is 4. The second-order valence-corrected chi connectivity index (χ2v) is 8.65. The molecule has 0 amide bonds. The van der Waals surface area contributed by atoms with E-state index in [2.05, 4.69) is 0 Å². The highest BCUT2D eigenvalue weighted by atomic mass is 16.4. The van der Waals surface area contributed by atoms with Gasteiger partial charge in [-0.15, -0.1) is 0 Å². The smallest absolute Gasteiger partial charge is 0.331 e. The first kappa shape index (κ1) is 23.0. The van der Waals surface area contributed by atoms with Gasteiger partial charge in [0.15, 0.2) is 5.43 Å². The molecule has 0 aromatic heterocycles. The standard InChI is InChI=1S/C18H14O2.C15H10O/c1-12(18(19)20)17-15-8-4-2-6-13(15)10-11-14-7-3-5-9-16(14)17;16-15-13-7-3-1-5-11(13)9-10-12-6-2-4-8-14(12)15/h2-11H,1H3,(H,19,20);1-10H. The zero-order chi connectivity index (χ0) is 25.1. The monoisotopic (exact) mass is 468 g/mol. The van der Waals surface area contributed by atoms with Crippen LogP contribution < -0.4 is 5.43 Å². The topological polar surface area (TPSA) is 54.4 Å². The maximum Gasteiger partial charge on any atom is 0.331 e. The van der Waals surface area contributed by atoms with Gasteiger partial charge in [-0.3, -0.25) is 4.79 Å². The summed E-state index contributed by atoms with van der Waals surface area (Å²) in [6.07, 6.45) is 4.08. The van der Waals surface area contributed by atoms with E-state index in [1.54, 1.807) is 6.92 Å². The predicted molar refractivity (Wildman–Crippen MR) is 149 cm³/mol. The Kier molecular flexibility index (Phi) is 6.29. The summed E-state index contributed by atoms with van der Waals surface area (Å²) >= 11 is 0. The number of hydrogen-bond donors (Lipinski definition) is 1. The summed E-state index contributed by atoms with van der Waals surface area (Å²) in [5, 5.41) is 12.9. The molecule has 1 aliphatic carbocycles. The molecule has 6 rings (SSSR count). The van der Waals surface area contributed by atoms with Gasteiger partial charge >= 0.3 is 5.97 Å². The van der Waals surface area contributed by atoms with Crippen LogP contribution in [0.4, 0.5) is 0 Å². The van der Waals surface area contributed by atoms with Crippen LogP contribution in [0.25, 0.3) is 39.3 Å². The molecule has 3 heteroatoms. The van der Waals surface area contributed by atoms with E-state index in [1.165, 1.54) is 0 Å². The summed E-state index contributed by atoms with van der Waals surface area (Å²) in [4.78, 5) is 23.7. The quantitative estimate of drug-likeness (QED) is 0.255. The summed E-state index contributed by atoms with van der Waals surface area (Å²) < 4.78 is 0. The molecule has 0 aliphatic heterocycles. The third-order valence-electron chi connectivity index (χ3n) is 6.45. The second-order valence-electron chi connectivity index (χ2n) is 8.65.